The summed E-state index contributed by atoms with van der Waals surface area (Å²) in [6, 6.07) is 4.87. The number of nitrogens with zero attached hydrogens (tertiary/aromatic N) is 1. The van der Waals surface area contributed by atoms with E-state index in [9.17, 15) is 14.4 Å². The van der Waals surface area contributed by atoms with Crippen LogP contribution in [0.3, 0.4) is 0 Å². The van der Waals surface area contributed by atoms with Gasteiger partial charge in [0.2, 0.25) is 12.2 Å². The first-order valence-corrected chi connectivity index (χ1v) is 5.43. The van der Waals surface area contributed by atoms with Gasteiger partial charge in [0, 0.05) is 5.69 Å². The average Bonchev–Trinajstić information content (AvgIpc) is 2.80. The largest absolute Gasteiger partial charge is 0.509 e. The molecule has 0 radical (unpaired) electrons. The van der Waals surface area contributed by atoms with E-state index >= 15 is 0 Å². The SMILES string of the molecule is Cc1ccc(NC(=O)C2COC(=O)O2)cc1N=C=O. The first-order valence-electron chi connectivity index (χ1n) is 5.43. The zero-order valence-corrected chi connectivity index (χ0v) is 10.0. The fraction of sp³-hybridized carbons (Fsp3) is 0.250. The number of carbonyl (C=O) groups excluding carboxylic acids is 3. The Morgan fingerprint density at radius 2 is 2.32 bits per heavy atom. The van der Waals surface area contributed by atoms with Crippen molar-refractivity contribution in [2.45, 2.75) is 13.0 Å². The Labute approximate surface area is 108 Å². The van der Waals surface area contributed by atoms with Gasteiger partial charge in [-0.15, -0.1) is 0 Å². The molecule has 0 aliphatic carbocycles. The van der Waals surface area contributed by atoms with Crippen molar-refractivity contribution in [3.8, 4) is 0 Å². The topological polar surface area (TPSA) is 94.1 Å². The number of aryl methyl sites for hydroxylation is 1. The fourth-order valence-corrected chi connectivity index (χ4v) is 1.54. The van der Waals surface area contributed by atoms with Crippen molar-refractivity contribution in [2.75, 3.05) is 11.9 Å². The van der Waals surface area contributed by atoms with Gasteiger partial charge in [0.25, 0.3) is 5.91 Å². The number of anilines is 1. The van der Waals surface area contributed by atoms with E-state index in [2.05, 4.69) is 19.8 Å². The van der Waals surface area contributed by atoms with E-state index in [0.717, 1.165) is 5.56 Å². The highest BCUT2D eigenvalue weighted by atomic mass is 16.8. The van der Waals surface area contributed by atoms with Crippen molar-refractivity contribution in [3.63, 3.8) is 0 Å². The highest BCUT2D eigenvalue weighted by Crippen LogP contribution is 2.23. The molecule has 7 nitrogen and oxygen atoms in total. The summed E-state index contributed by atoms with van der Waals surface area (Å²) in [6.45, 7) is 1.66. The second kappa shape index (κ2) is 5.32. The number of nitrogens with one attached hydrogen (secondary N) is 1. The minimum Gasteiger partial charge on any atom is -0.430 e. The third kappa shape index (κ3) is 2.97. The molecule has 1 N–H and O–H groups in total. The highest BCUT2D eigenvalue weighted by Gasteiger charge is 2.31. The third-order valence-electron chi connectivity index (χ3n) is 2.53. The number of isocyanates is 1. The fourth-order valence-electron chi connectivity index (χ4n) is 1.54. The monoisotopic (exact) mass is 262 g/mol. The predicted molar refractivity (Wildman–Crippen MR) is 63.8 cm³/mol. The normalized spacial score (nSPS) is 17.1. The lowest BCUT2D eigenvalue weighted by atomic mass is 10.2. The number of hydrogen-bond acceptors (Lipinski definition) is 6. The van der Waals surface area contributed by atoms with E-state index in [0.29, 0.717) is 11.4 Å². The maximum Gasteiger partial charge on any atom is 0.509 e. The molecule has 1 aliphatic rings. The lowest BCUT2D eigenvalue weighted by molar-refractivity contribution is -0.122. The summed E-state index contributed by atoms with van der Waals surface area (Å²) in [7, 11) is 0. The standard InChI is InChI=1S/C12H10N2O5/c1-7-2-3-8(4-9(7)13-6-15)14-11(16)10-5-18-12(17)19-10/h2-4,10H,5H2,1H3,(H,14,16). The second-order valence-electron chi connectivity index (χ2n) is 3.86. The van der Waals surface area contributed by atoms with Gasteiger partial charge in [0.1, 0.15) is 6.61 Å². The van der Waals surface area contributed by atoms with Crippen molar-refractivity contribution < 1.29 is 23.9 Å². The number of benzene rings is 1. The van der Waals surface area contributed by atoms with Crippen LogP contribution in [0.2, 0.25) is 0 Å². The Morgan fingerprint density at radius 3 is 2.95 bits per heavy atom. The number of carbonyl (C=O) groups is 2. The van der Waals surface area contributed by atoms with Gasteiger partial charge in [-0.05, 0) is 24.6 Å². The quantitative estimate of drug-likeness (QED) is 0.505. The maximum absolute atomic E-state index is 11.7. The molecule has 1 aromatic carbocycles. The van der Waals surface area contributed by atoms with Crippen molar-refractivity contribution in [1.29, 1.82) is 0 Å². The van der Waals surface area contributed by atoms with Gasteiger partial charge in [-0.3, -0.25) is 4.79 Å². The van der Waals surface area contributed by atoms with E-state index in [1.54, 1.807) is 19.1 Å². The van der Waals surface area contributed by atoms with Crippen LogP contribution < -0.4 is 5.32 Å². The Kier molecular flexibility index (Phi) is 3.58. The zero-order chi connectivity index (χ0) is 13.8. The molecule has 1 aromatic rings. The van der Waals surface area contributed by atoms with Gasteiger partial charge < -0.3 is 14.8 Å². The van der Waals surface area contributed by atoms with E-state index in [-0.39, 0.29) is 6.61 Å². The van der Waals surface area contributed by atoms with Crippen molar-refractivity contribution in [1.82, 2.24) is 0 Å². The number of aliphatic imine (C=N–C) groups is 1. The summed E-state index contributed by atoms with van der Waals surface area (Å²) >= 11 is 0. The van der Waals surface area contributed by atoms with Crippen LogP contribution in [-0.2, 0) is 19.1 Å². The molecule has 1 aliphatic heterocycles. The molecule has 1 atom stereocenters. The van der Waals surface area contributed by atoms with Gasteiger partial charge in [0.05, 0.1) is 5.69 Å². The second-order valence-corrected chi connectivity index (χ2v) is 3.86. The lowest BCUT2D eigenvalue weighted by Crippen LogP contribution is -2.29. The smallest absolute Gasteiger partial charge is 0.430 e. The number of hydrogen-bond donors (Lipinski definition) is 1. The molecule has 0 saturated carbocycles. The Hall–Kier alpha value is -2.66. The highest BCUT2D eigenvalue weighted by molar-refractivity contribution is 5.96. The Balaban J connectivity index is 2.10. The van der Waals surface area contributed by atoms with Crippen LogP contribution in [0.15, 0.2) is 23.2 Å². The molecular weight excluding hydrogens is 252 g/mol. The molecule has 98 valence electrons. The molecule has 0 spiro atoms. The molecule has 2 rings (SSSR count). The van der Waals surface area contributed by atoms with Gasteiger partial charge in [-0.1, -0.05) is 6.07 Å². The number of amides is 1. The van der Waals surface area contributed by atoms with E-state index < -0.39 is 18.2 Å². The van der Waals surface area contributed by atoms with E-state index in [4.69, 9.17) is 0 Å². The Morgan fingerprint density at radius 1 is 1.53 bits per heavy atom. The van der Waals surface area contributed by atoms with E-state index in [1.807, 2.05) is 0 Å². The third-order valence-corrected chi connectivity index (χ3v) is 2.53. The summed E-state index contributed by atoms with van der Waals surface area (Å²) < 4.78 is 9.15. The molecule has 0 bridgehead atoms. The molecule has 1 amide bonds. The molecule has 1 fully saturated rings. The van der Waals surface area contributed by atoms with Crippen molar-refractivity contribution in [2.24, 2.45) is 4.99 Å². The average molecular weight is 262 g/mol. The first kappa shape index (κ1) is 12.8. The zero-order valence-electron chi connectivity index (χ0n) is 10.0. The van der Waals surface area contributed by atoms with Crippen molar-refractivity contribution in [3.05, 3.63) is 23.8 Å². The predicted octanol–water partition coefficient (Wildman–Crippen LogP) is 1.44. The Bertz CT molecular complexity index is 577. The lowest BCUT2D eigenvalue weighted by Gasteiger charge is -2.09. The maximum atomic E-state index is 11.7. The number of ether oxygens (including phenoxy) is 2. The number of rotatable bonds is 3. The van der Waals surface area contributed by atoms with Crippen LogP contribution in [0.1, 0.15) is 5.56 Å². The van der Waals surface area contributed by atoms with Gasteiger partial charge in [-0.25, -0.2) is 9.59 Å². The minimum absolute atomic E-state index is 0.115. The van der Waals surface area contributed by atoms with Crippen LogP contribution in [0.4, 0.5) is 16.2 Å². The summed E-state index contributed by atoms with van der Waals surface area (Å²) in [4.78, 5) is 36.2. The molecular formula is C12H10N2O5. The molecule has 1 unspecified atom stereocenters. The van der Waals surface area contributed by atoms with Gasteiger partial charge in [0.15, 0.2) is 0 Å². The van der Waals surface area contributed by atoms with Gasteiger partial charge in [-0.2, -0.15) is 4.99 Å². The first-order chi connectivity index (χ1) is 9.10. The summed E-state index contributed by atoms with van der Waals surface area (Å²) in [5.41, 5.74) is 1.62. The summed E-state index contributed by atoms with van der Waals surface area (Å²) in [5, 5.41) is 2.54. The summed E-state index contributed by atoms with van der Waals surface area (Å²) in [6.07, 6.45) is -0.392. The molecule has 7 heteroatoms. The van der Waals surface area contributed by atoms with Crippen LogP contribution in [-0.4, -0.2) is 30.9 Å². The molecule has 0 aromatic heterocycles. The number of cyclic esters (lactones) is 2. The summed E-state index contributed by atoms with van der Waals surface area (Å²) in [5.74, 6) is -0.504. The van der Waals surface area contributed by atoms with Crippen molar-refractivity contribution >= 4 is 29.5 Å². The molecule has 1 saturated heterocycles. The van der Waals surface area contributed by atoms with Crippen LogP contribution in [0.25, 0.3) is 0 Å². The van der Waals surface area contributed by atoms with Crippen LogP contribution in [0, 0.1) is 6.92 Å². The van der Waals surface area contributed by atoms with Crippen LogP contribution in [0.5, 0.6) is 0 Å². The molecule has 1 heterocycles. The minimum atomic E-state index is -0.966. The van der Waals surface area contributed by atoms with E-state index in [1.165, 1.54) is 12.1 Å². The molecule has 19 heavy (non-hydrogen) atoms. The van der Waals surface area contributed by atoms with Gasteiger partial charge >= 0.3 is 6.16 Å². The van der Waals surface area contributed by atoms with Crippen LogP contribution >= 0.6 is 0 Å².